The number of hydrogen-bond acceptors (Lipinski definition) is 4. The standard InChI is InChI=1S/C21H29NO3/c1-15(2)18-13-17-6-5-16(3)21(19(17)14-20(18)23)25-10-4-7-22-8-11-24-12-9-22/h5-6,13-15,23H,4,7-12H2,1-3H3. The number of phenols is 1. The van der Waals surface area contributed by atoms with Crippen LogP contribution in [0.4, 0.5) is 0 Å². The van der Waals surface area contributed by atoms with Crippen LogP contribution in [0.3, 0.4) is 0 Å². The van der Waals surface area contributed by atoms with Crippen molar-refractivity contribution in [3.8, 4) is 11.5 Å². The van der Waals surface area contributed by atoms with Gasteiger partial charge in [0.05, 0.1) is 19.8 Å². The fourth-order valence-electron chi connectivity index (χ4n) is 3.40. The number of ether oxygens (including phenoxy) is 2. The predicted molar refractivity (Wildman–Crippen MR) is 102 cm³/mol. The summed E-state index contributed by atoms with van der Waals surface area (Å²) in [6.45, 7) is 11.7. The molecule has 0 spiro atoms. The highest BCUT2D eigenvalue weighted by molar-refractivity contribution is 5.91. The maximum atomic E-state index is 10.4. The average Bonchev–Trinajstić information content (AvgIpc) is 2.60. The van der Waals surface area contributed by atoms with Gasteiger partial charge in [-0.3, -0.25) is 4.90 Å². The molecule has 0 aromatic heterocycles. The van der Waals surface area contributed by atoms with Crippen molar-refractivity contribution in [1.29, 1.82) is 0 Å². The van der Waals surface area contributed by atoms with Gasteiger partial charge in [-0.1, -0.05) is 26.0 Å². The SMILES string of the molecule is Cc1ccc2cc(C(C)C)c(O)cc2c1OCCCN1CCOCC1. The zero-order valence-corrected chi connectivity index (χ0v) is 15.5. The molecule has 4 heteroatoms. The Morgan fingerprint density at radius 3 is 2.68 bits per heavy atom. The van der Waals surface area contributed by atoms with Crippen LogP contribution in [0.1, 0.15) is 37.3 Å². The molecule has 0 aliphatic carbocycles. The number of aromatic hydroxyl groups is 1. The lowest BCUT2D eigenvalue weighted by molar-refractivity contribution is 0.0358. The molecule has 1 N–H and O–H groups in total. The smallest absolute Gasteiger partial charge is 0.130 e. The molecular weight excluding hydrogens is 314 g/mol. The van der Waals surface area contributed by atoms with E-state index < -0.39 is 0 Å². The van der Waals surface area contributed by atoms with Crippen molar-refractivity contribution in [2.45, 2.75) is 33.1 Å². The Kier molecular flexibility index (Phi) is 5.82. The molecule has 0 atom stereocenters. The molecule has 2 aromatic carbocycles. The Balaban J connectivity index is 1.71. The second-order valence-electron chi connectivity index (χ2n) is 7.15. The van der Waals surface area contributed by atoms with Gasteiger partial charge in [-0.25, -0.2) is 0 Å². The minimum atomic E-state index is 0.295. The van der Waals surface area contributed by atoms with E-state index >= 15 is 0 Å². The third kappa shape index (κ3) is 4.25. The lowest BCUT2D eigenvalue weighted by atomic mass is 9.96. The van der Waals surface area contributed by atoms with Gasteiger partial charge in [0.1, 0.15) is 11.5 Å². The van der Waals surface area contributed by atoms with Gasteiger partial charge in [-0.2, -0.15) is 0 Å². The number of nitrogens with zero attached hydrogens (tertiary/aromatic N) is 1. The minimum absolute atomic E-state index is 0.295. The normalized spacial score (nSPS) is 15.8. The van der Waals surface area contributed by atoms with Gasteiger partial charge in [0, 0.05) is 25.0 Å². The third-order valence-corrected chi connectivity index (χ3v) is 4.91. The summed E-state index contributed by atoms with van der Waals surface area (Å²) in [5.41, 5.74) is 2.09. The van der Waals surface area contributed by atoms with Crippen LogP contribution in [0, 0.1) is 6.92 Å². The van der Waals surface area contributed by atoms with Crippen LogP contribution in [0.5, 0.6) is 11.5 Å². The molecule has 25 heavy (non-hydrogen) atoms. The monoisotopic (exact) mass is 343 g/mol. The lowest BCUT2D eigenvalue weighted by Crippen LogP contribution is -2.37. The third-order valence-electron chi connectivity index (χ3n) is 4.91. The maximum absolute atomic E-state index is 10.4. The van der Waals surface area contributed by atoms with Crippen LogP contribution >= 0.6 is 0 Å². The first-order chi connectivity index (χ1) is 12.1. The number of benzene rings is 2. The Morgan fingerprint density at radius 1 is 1.20 bits per heavy atom. The summed E-state index contributed by atoms with van der Waals surface area (Å²) in [5, 5.41) is 12.5. The Morgan fingerprint density at radius 2 is 1.96 bits per heavy atom. The number of aryl methyl sites for hydroxylation is 1. The van der Waals surface area contributed by atoms with Gasteiger partial charge < -0.3 is 14.6 Å². The van der Waals surface area contributed by atoms with E-state index in [1.165, 1.54) is 0 Å². The molecule has 0 saturated carbocycles. The van der Waals surface area contributed by atoms with Crippen LogP contribution in [0.15, 0.2) is 24.3 Å². The van der Waals surface area contributed by atoms with Crippen LogP contribution < -0.4 is 4.74 Å². The summed E-state index contributed by atoms with van der Waals surface area (Å²) in [4.78, 5) is 2.42. The molecule has 1 fully saturated rings. The topological polar surface area (TPSA) is 41.9 Å². The van der Waals surface area contributed by atoms with Gasteiger partial charge in [-0.15, -0.1) is 0 Å². The maximum Gasteiger partial charge on any atom is 0.130 e. The van der Waals surface area contributed by atoms with Crippen molar-refractivity contribution in [3.63, 3.8) is 0 Å². The van der Waals surface area contributed by atoms with Crippen molar-refractivity contribution in [2.75, 3.05) is 39.5 Å². The molecule has 1 aliphatic rings. The highest BCUT2D eigenvalue weighted by Gasteiger charge is 2.13. The first kappa shape index (κ1) is 18.0. The fraction of sp³-hybridized carbons (Fsp3) is 0.524. The molecule has 1 saturated heterocycles. The van der Waals surface area contributed by atoms with E-state index in [4.69, 9.17) is 9.47 Å². The minimum Gasteiger partial charge on any atom is -0.508 e. The predicted octanol–water partition coefficient (Wildman–Crippen LogP) is 4.08. The summed E-state index contributed by atoms with van der Waals surface area (Å²) in [6.07, 6.45) is 0.992. The van der Waals surface area contributed by atoms with Crippen molar-refractivity contribution in [2.24, 2.45) is 0 Å². The summed E-state index contributed by atoms with van der Waals surface area (Å²) < 4.78 is 11.5. The molecule has 136 valence electrons. The van der Waals surface area contributed by atoms with E-state index in [9.17, 15) is 5.11 Å². The lowest BCUT2D eigenvalue weighted by Gasteiger charge is -2.26. The molecule has 0 unspecified atom stereocenters. The fourth-order valence-corrected chi connectivity index (χ4v) is 3.40. The van der Waals surface area contributed by atoms with Crippen LogP contribution in [-0.2, 0) is 4.74 Å². The van der Waals surface area contributed by atoms with E-state index in [2.05, 4.69) is 43.9 Å². The van der Waals surface area contributed by atoms with Crippen molar-refractivity contribution >= 4 is 10.8 Å². The van der Waals surface area contributed by atoms with Crippen LogP contribution in [-0.4, -0.2) is 49.5 Å². The molecule has 0 amide bonds. The van der Waals surface area contributed by atoms with Gasteiger partial charge in [-0.05, 0) is 47.9 Å². The molecule has 1 heterocycles. The molecule has 4 nitrogen and oxygen atoms in total. The van der Waals surface area contributed by atoms with Gasteiger partial charge in [0.25, 0.3) is 0 Å². The number of fused-ring (bicyclic) bond motifs is 1. The van der Waals surface area contributed by atoms with Gasteiger partial charge in [0.15, 0.2) is 0 Å². The quantitative estimate of drug-likeness (QED) is 0.803. The largest absolute Gasteiger partial charge is 0.508 e. The highest BCUT2D eigenvalue weighted by Crippen LogP contribution is 2.36. The van der Waals surface area contributed by atoms with E-state index in [1.807, 2.05) is 6.07 Å². The highest BCUT2D eigenvalue weighted by atomic mass is 16.5. The van der Waals surface area contributed by atoms with Crippen molar-refractivity contribution in [3.05, 3.63) is 35.4 Å². The van der Waals surface area contributed by atoms with Crippen molar-refractivity contribution in [1.82, 2.24) is 4.90 Å². The Bertz CT molecular complexity index is 721. The molecular formula is C21H29NO3. The average molecular weight is 343 g/mol. The van der Waals surface area contributed by atoms with Gasteiger partial charge >= 0.3 is 0 Å². The second kappa shape index (κ2) is 8.07. The molecule has 0 radical (unpaired) electrons. The van der Waals surface area contributed by atoms with E-state index in [0.29, 0.717) is 18.3 Å². The van der Waals surface area contributed by atoms with Crippen molar-refractivity contribution < 1.29 is 14.6 Å². The molecule has 0 bridgehead atoms. The van der Waals surface area contributed by atoms with Crippen LogP contribution in [0.25, 0.3) is 10.8 Å². The van der Waals surface area contributed by atoms with Crippen LogP contribution in [0.2, 0.25) is 0 Å². The number of rotatable bonds is 6. The van der Waals surface area contributed by atoms with Gasteiger partial charge in [0.2, 0.25) is 0 Å². The van der Waals surface area contributed by atoms with E-state index in [1.54, 1.807) is 0 Å². The number of hydrogen-bond donors (Lipinski definition) is 1. The second-order valence-corrected chi connectivity index (χ2v) is 7.15. The Labute approximate surface area is 150 Å². The summed E-state index contributed by atoms with van der Waals surface area (Å²) in [6, 6.07) is 8.14. The molecule has 3 rings (SSSR count). The molecule has 2 aromatic rings. The zero-order valence-electron chi connectivity index (χ0n) is 15.5. The summed E-state index contributed by atoms with van der Waals surface area (Å²) in [5.74, 6) is 1.54. The number of morpholine rings is 1. The first-order valence-electron chi connectivity index (χ1n) is 9.25. The molecule has 1 aliphatic heterocycles. The zero-order chi connectivity index (χ0) is 17.8. The Hall–Kier alpha value is -1.78. The number of phenolic OH excluding ortho intramolecular Hbond substituents is 1. The summed E-state index contributed by atoms with van der Waals surface area (Å²) in [7, 11) is 0. The first-order valence-corrected chi connectivity index (χ1v) is 9.25. The summed E-state index contributed by atoms with van der Waals surface area (Å²) >= 11 is 0. The van der Waals surface area contributed by atoms with E-state index in [0.717, 1.165) is 66.9 Å². The van der Waals surface area contributed by atoms with E-state index in [-0.39, 0.29) is 0 Å².